The molecule has 0 saturated heterocycles. The molecular formula is C11H17NO2. The minimum Gasteiger partial charge on any atom is -0.259 e. The molecule has 0 aliphatic heterocycles. The van der Waals surface area contributed by atoms with Crippen LogP contribution in [-0.2, 0) is 0 Å². The molecule has 0 unspecified atom stereocenters. The Morgan fingerprint density at radius 1 is 1.43 bits per heavy atom. The summed E-state index contributed by atoms with van der Waals surface area (Å²) in [4.78, 5) is 10.0. The van der Waals surface area contributed by atoms with E-state index < -0.39 is 0 Å². The summed E-state index contributed by atoms with van der Waals surface area (Å²) in [5.41, 5.74) is 1.32. The van der Waals surface area contributed by atoms with Crippen LogP contribution in [0.25, 0.3) is 0 Å². The zero-order chi connectivity index (χ0) is 10.4. The van der Waals surface area contributed by atoms with Gasteiger partial charge in [0.25, 0.3) is 0 Å². The number of nitro groups is 1. The van der Waals surface area contributed by atoms with E-state index in [2.05, 4.69) is 12.7 Å². The number of rotatable bonds is 3. The zero-order valence-electron chi connectivity index (χ0n) is 8.50. The molecule has 0 atom stereocenters. The lowest BCUT2D eigenvalue weighted by molar-refractivity contribution is -0.426. The van der Waals surface area contributed by atoms with Crippen molar-refractivity contribution in [2.75, 3.05) is 0 Å². The Hall–Kier alpha value is -1.12. The predicted molar refractivity (Wildman–Crippen MR) is 56.5 cm³/mol. The molecule has 1 aliphatic rings. The molecular weight excluding hydrogens is 178 g/mol. The van der Waals surface area contributed by atoms with Crippen molar-refractivity contribution < 1.29 is 4.92 Å². The molecule has 1 rings (SSSR count). The van der Waals surface area contributed by atoms with Gasteiger partial charge >= 0.3 is 0 Å². The predicted octanol–water partition coefficient (Wildman–Crippen LogP) is 3.45. The van der Waals surface area contributed by atoms with Gasteiger partial charge < -0.3 is 0 Å². The largest absolute Gasteiger partial charge is 0.259 e. The van der Waals surface area contributed by atoms with E-state index in [4.69, 9.17) is 0 Å². The van der Waals surface area contributed by atoms with E-state index in [-0.39, 0.29) is 10.6 Å². The Balaban J connectivity index is 2.48. The molecule has 0 amide bonds. The first kappa shape index (κ1) is 11.0. The standard InChI is InChI=1S/C11H17NO2/c1-10(12(13)14)9-11-7-5-3-2-4-6-8-11/h7H,1-6,8-9H2/b11-7+. The molecule has 78 valence electrons. The lowest BCUT2D eigenvalue weighted by Gasteiger charge is -2.09. The van der Waals surface area contributed by atoms with Crippen LogP contribution in [0.15, 0.2) is 23.9 Å². The molecule has 0 aromatic rings. The monoisotopic (exact) mass is 195 g/mol. The minimum atomic E-state index is -0.375. The third-order valence-electron chi connectivity index (χ3n) is 2.57. The van der Waals surface area contributed by atoms with Crippen molar-refractivity contribution in [1.29, 1.82) is 0 Å². The Kier molecular flexibility index (Phi) is 4.36. The van der Waals surface area contributed by atoms with Crippen LogP contribution in [0.3, 0.4) is 0 Å². The number of hydrogen-bond acceptors (Lipinski definition) is 2. The van der Waals surface area contributed by atoms with Gasteiger partial charge in [0.05, 0.1) is 11.3 Å². The van der Waals surface area contributed by atoms with Gasteiger partial charge in [-0.2, -0.15) is 0 Å². The molecule has 0 aromatic heterocycles. The van der Waals surface area contributed by atoms with Crippen LogP contribution in [0.2, 0.25) is 0 Å². The maximum Gasteiger partial charge on any atom is 0.243 e. The van der Waals surface area contributed by atoms with Crippen LogP contribution in [0, 0.1) is 10.1 Å². The summed E-state index contributed by atoms with van der Waals surface area (Å²) in [6.45, 7) is 3.46. The minimum absolute atomic E-state index is 0.122. The molecule has 0 N–H and O–H groups in total. The van der Waals surface area contributed by atoms with Crippen LogP contribution in [0.5, 0.6) is 0 Å². The van der Waals surface area contributed by atoms with E-state index in [0.29, 0.717) is 6.42 Å². The van der Waals surface area contributed by atoms with Crippen molar-refractivity contribution >= 4 is 0 Å². The van der Waals surface area contributed by atoms with Crippen LogP contribution >= 0.6 is 0 Å². The van der Waals surface area contributed by atoms with Crippen LogP contribution in [-0.4, -0.2) is 4.92 Å². The van der Waals surface area contributed by atoms with Crippen molar-refractivity contribution in [3.05, 3.63) is 34.0 Å². The third-order valence-corrected chi connectivity index (χ3v) is 2.57. The smallest absolute Gasteiger partial charge is 0.243 e. The van der Waals surface area contributed by atoms with E-state index in [1.54, 1.807) is 0 Å². The highest BCUT2D eigenvalue weighted by Gasteiger charge is 2.10. The first-order chi connectivity index (χ1) is 6.70. The van der Waals surface area contributed by atoms with Crippen molar-refractivity contribution in [2.45, 2.75) is 44.9 Å². The van der Waals surface area contributed by atoms with E-state index >= 15 is 0 Å². The highest BCUT2D eigenvalue weighted by molar-refractivity contribution is 5.09. The summed E-state index contributed by atoms with van der Waals surface area (Å²) < 4.78 is 0. The maximum atomic E-state index is 10.4. The molecule has 1 aliphatic carbocycles. The highest BCUT2D eigenvalue weighted by atomic mass is 16.6. The number of allylic oxidation sites excluding steroid dienone is 2. The molecule has 0 aromatic carbocycles. The Morgan fingerprint density at radius 2 is 2.14 bits per heavy atom. The van der Waals surface area contributed by atoms with E-state index in [1.807, 2.05) is 0 Å². The summed E-state index contributed by atoms with van der Waals surface area (Å²) in [6.07, 6.45) is 9.61. The first-order valence-electron chi connectivity index (χ1n) is 5.20. The Morgan fingerprint density at radius 3 is 2.86 bits per heavy atom. The fraction of sp³-hybridized carbons (Fsp3) is 0.636. The van der Waals surface area contributed by atoms with Gasteiger partial charge in [0.15, 0.2) is 0 Å². The Bertz CT molecular complexity index is 256. The summed E-state index contributed by atoms with van der Waals surface area (Å²) in [5.74, 6) is 0. The SMILES string of the molecule is C=C(C/C1=C/CCCCCC1)[N+](=O)[O-]. The van der Waals surface area contributed by atoms with E-state index in [9.17, 15) is 10.1 Å². The van der Waals surface area contributed by atoms with E-state index in [1.165, 1.54) is 24.8 Å². The highest BCUT2D eigenvalue weighted by Crippen LogP contribution is 2.21. The van der Waals surface area contributed by atoms with Crippen molar-refractivity contribution in [3.63, 3.8) is 0 Å². The molecule has 0 bridgehead atoms. The lowest BCUT2D eigenvalue weighted by Crippen LogP contribution is -2.00. The second-order valence-electron chi connectivity index (χ2n) is 3.82. The quantitative estimate of drug-likeness (QED) is 0.393. The van der Waals surface area contributed by atoms with Gasteiger partial charge in [-0.3, -0.25) is 10.1 Å². The fourth-order valence-electron chi connectivity index (χ4n) is 1.75. The van der Waals surface area contributed by atoms with Gasteiger partial charge in [-0.15, -0.1) is 0 Å². The molecule has 3 heteroatoms. The van der Waals surface area contributed by atoms with Gasteiger partial charge in [-0.05, 0) is 32.3 Å². The van der Waals surface area contributed by atoms with Crippen molar-refractivity contribution in [2.24, 2.45) is 0 Å². The second-order valence-corrected chi connectivity index (χ2v) is 3.82. The fourth-order valence-corrected chi connectivity index (χ4v) is 1.75. The molecule has 0 radical (unpaired) electrons. The average Bonchev–Trinajstić information content (AvgIpc) is 2.08. The second kappa shape index (κ2) is 5.58. The lowest BCUT2D eigenvalue weighted by atomic mass is 9.97. The molecule has 0 heterocycles. The molecule has 0 spiro atoms. The van der Waals surface area contributed by atoms with Gasteiger partial charge in [0.2, 0.25) is 5.70 Å². The summed E-state index contributed by atoms with van der Waals surface area (Å²) >= 11 is 0. The topological polar surface area (TPSA) is 43.1 Å². The molecule has 0 saturated carbocycles. The summed E-state index contributed by atoms with van der Waals surface area (Å²) in [7, 11) is 0. The van der Waals surface area contributed by atoms with Crippen molar-refractivity contribution in [3.8, 4) is 0 Å². The van der Waals surface area contributed by atoms with Gasteiger partial charge in [0.1, 0.15) is 0 Å². The summed E-state index contributed by atoms with van der Waals surface area (Å²) in [5, 5.41) is 10.4. The van der Waals surface area contributed by atoms with Crippen LogP contribution < -0.4 is 0 Å². The molecule has 14 heavy (non-hydrogen) atoms. The van der Waals surface area contributed by atoms with Crippen LogP contribution in [0.1, 0.15) is 44.9 Å². The average molecular weight is 195 g/mol. The Labute approximate surface area is 84.7 Å². The van der Waals surface area contributed by atoms with Crippen molar-refractivity contribution in [1.82, 2.24) is 0 Å². The normalized spacial score (nSPS) is 21.6. The first-order valence-corrected chi connectivity index (χ1v) is 5.20. The summed E-state index contributed by atoms with van der Waals surface area (Å²) in [6, 6.07) is 0. The molecule has 0 fully saturated rings. The number of hydrogen-bond donors (Lipinski definition) is 0. The third kappa shape index (κ3) is 3.73. The number of nitrogens with zero attached hydrogens (tertiary/aromatic N) is 1. The maximum absolute atomic E-state index is 10.4. The van der Waals surface area contributed by atoms with Crippen LogP contribution in [0.4, 0.5) is 0 Å². The van der Waals surface area contributed by atoms with Gasteiger partial charge in [0, 0.05) is 0 Å². The molecule has 3 nitrogen and oxygen atoms in total. The van der Waals surface area contributed by atoms with E-state index in [0.717, 1.165) is 19.3 Å². The van der Waals surface area contributed by atoms with Gasteiger partial charge in [-0.1, -0.05) is 24.5 Å². The van der Waals surface area contributed by atoms with Gasteiger partial charge in [-0.25, -0.2) is 0 Å². The zero-order valence-corrected chi connectivity index (χ0v) is 8.50.